The lowest BCUT2D eigenvalue weighted by Gasteiger charge is -2.19. The molecule has 0 heterocycles. The number of amides is 1. The summed E-state index contributed by atoms with van der Waals surface area (Å²) < 4.78 is 5.47. The second kappa shape index (κ2) is 52.0. The summed E-state index contributed by atoms with van der Waals surface area (Å²) in [5.41, 5.74) is 0. The van der Waals surface area contributed by atoms with Gasteiger partial charge in [0.15, 0.2) is 0 Å². The molecule has 0 spiro atoms. The molecule has 2 unspecified atom stereocenters. The molecule has 62 heavy (non-hydrogen) atoms. The molecule has 3 N–H and O–H groups in total. The molecule has 1 amide bonds. The van der Waals surface area contributed by atoms with Crippen molar-refractivity contribution in [1.82, 2.24) is 5.32 Å². The van der Waals surface area contributed by atoms with E-state index in [1.165, 1.54) is 199 Å². The molecule has 0 saturated carbocycles. The van der Waals surface area contributed by atoms with Crippen LogP contribution in [0.5, 0.6) is 0 Å². The molecule has 366 valence electrons. The smallest absolute Gasteiger partial charge is 0.305 e. The molecule has 6 heteroatoms. The molecular formula is C56H107NO5. The first-order valence-corrected chi connectivity index (χ1v) is 27.6. The predicted octanol–water partition coefficient (Wildman–Crippen LogP) is 16.7. The first-order chi connectivity index (χ1) is 30.5. The number of rotatable bonds is 51. The summed E-state index contributed by atoms with van der Waals surface area (Å²) in [4.78, 5) is 24.5. The van der Waals surface area contributed by atoms with E-state index >= 15 is 0 Å². The number of carbonyl (C=O) groups excluding carboxylic acids is 2. The molecule has 0 aromatic carbocycles. The van der Waals surface area contributed by atoms with Crippen LogP contribution in [0.25, 0.3) is 0 Å². The second-order valence-corrected chi connectivity index (χ2v) is 18.9. The second-order valence-electron chi connectivity index (χ2n) is 18.9. The number of hydrogen-bond donors (Lipinski definition) is 3. The van der Waals surface area contributed by atoms with Crippen molar-refractivity contribution in [3.05, 3.63) is 24.3 Å². The summed E-state index contributed by atoms with van der Waals surface area (Å²) in [7, 11) is 0. The van der Waals surface area contributed by atoms with Gasteiger partial charge in [-0.15, -0.1) is 0 Å². The quantitative estimate of drug-likeness (QED) is 0.0321. The van der Waals surface area contributed by atoms with E-state index in [1.807, 2.05) is 6.08 Å². The minimum atomic E-state index is -0.861. The summed E-state index contributed by atoms with van der Waals surface area (Å²) in [6.07, 6.45) is 61.9. The summed E-state index contributed by atoms with van der Waals surface area (Å²) in [6, 6.07) is -0.647. The van der Waals surface area contributed by atoms with Crippen LogP contribution < -0.4 is 5.32 Å². The van der Waals surface area contributed by atoms with Gasteiger partial charge in [-0.3, -0.25) is 9.59 Å². The van der Waals surface area contributed by atoms with E-state index < -0.39 is 12.1 Å². The maximum Gasteiger partial charge on any atom is 0.305 e. The van der Waals surface area contributed by atoms with Crippen LogP contribution in [-0.2, 0) is 14.3 Å². The van der Waals surface area contributed by atoms with Gasteiger partial charge in [0.1, 0.15) is 0 Å². The number of aliphatic hydroxyl groups excluding tert-OH is 2. The largest absolute Gasteiger partial charge is 0.466 e. The van der Waals surface area contributed by atoms with E-state index in [1.54, 1.807) is 6.08 Å². The maximum atomic E-state index is 12.4. The molecule has 0 radical (unpaired) electrons. The van der Waals surface area contributed by atoms with Crippen LogP contribution in [-0.4, -0.2) is 47.4 Å². The average molecular weight is 874 g/mol. The zero-order valence-electron chi connectivity index (χ0n) is 41.6. The molecule has 0 aliphatic carbocycles. The molecule has 0 saturated heterocycles. The number of esters is 1. The maximum absolute atomic E-state index is 12.4. The Hall–Kier alpha value is -1.66. The zero-order chi connectivity index (χ0) is 45.1. The lowest BCUT2D eigenvalue weighted by Crippen LogP contribution is -2.45. The molecule has 0 aliphatic heterocycles. The van der Waals surface area contributed by atoms with Crippen LogP contribution >= 0.6 is 0 Å². The Labute approximate surface area is 386 Å². The number of carbonyl (C=O) groups is 2. The highest BCUT2D eigenvalue weighted by Gasteiger charge is 2.18. The molecule has 2 atom stereocenters. The van der Waals surface area contributed by atoms with Crippen LogP contribution in [0.1, 0.15) is 296 Å². The van der Waals surface area contributed by atoms with Crippen molar-refractivity contribution in [2.45, 2.75) is 309 Å². The molecule has 0 aromatic heterocycles. The number of nitrogens with one attached hydrogen (secondary N) is 1. The van der Waals surface area contributed by atoms with Crippen molar-refractivity contribution in [1.29, 1.82) is 0 Å². The Bertz CT molecular complexity index is 966. The van der Waals surface area contributed by atoms with Crippen LogP contribution in [0.15, 0.2) is 24.3 Å². The minimum absolute atomic E-state index is 0.0105. The van der Waals surface area contributed by atoms with Crippen molar-refractivity contribution in [2.24, 2.45) is 0 Å². The van der Waals surface area contributed by atoms with Gasteiger partial charge < -0.3 is 20.3 Å². The summed E-state index contributed by atoms with van der Waals surface area (Å²) in [5.74, 6) is -0.107. The van der Waals surface area contributed by atoms with Gasteiger partial charge in [-0.2, -0.15) is 0 Å². The van der Waals surface area contributed by atoms with Gasteiger partial charge in [-0.05, 0) is 57.8 Å². The lowest BCUT2D eigenvalue weighted by molar-refractivity contribution is -0.143. The summed E-state index contributed by atoms with van der Waals surface area (Å²) in [5, 5.41) is 23.1. The van der Waals surface area contributed by atoms with E-state index in [-0.39, 0.29) is 18.5 Å². The third-order valence-corrected chi connectivity index (χ3v) is 12.7. The summed E-state index contributed by atoms with van der Waals surface area (Å²) >= 11 is 0. The Morgan fingerprint density at radius 3 is 1.16 bits per heavy atom. The topological polar surface area (TPSA) is 95.9 Å². The molecule has 6 nitrogen and oxygen atoms in total. The number of hydrogen-bond acceptors (Lipinski definition) is 5. The number of aliphatic hydroxyl groups is 2. The fraction of sp³-hybridized carbons (Fsp3) is 0.893. The van der Waals surface area contributed by atoms with E-state index in [0.717, 1.165) is 70.6 Å². The standard InChI is InChI=1S/C56H107NO5/c1-3-5-7-9-11-13-15-17-19-21-24-28-32-36-40-44-48-54(59)53(52-58)57-55(60)49-45-41-37-33-29-25-23-27-31-35-39-43-47-51-62-56(61)50-46-42-38-34-30-26-22-20-18-16-14-12-10-8-6-4-2/h25,29,44,48,53-54,58-59H,3-24,26-28,30-43,45-47,49-52H2,1-2H3,(H,57,60)/b29-25-,48-44+. The Kier molecular flexibility index (Phi) is 50.6. The van der Waals surface area contributed by atoms with Crippen molar-refractivity contribution >= 4 is 11.9 Å². The Morgan fingerprint density at radius 2 is 0.758 bits per heavy atom. The monoisotopic (exact) mass is 874 g/mol. The molecule has 0 aliphatic rings. The van der Waals surface area contributed by atoms with Gasteiger partial charge in [0.05, 0.1) is 25.4 Å². The molecule has 0 aromatic rings. The van der Waals surface area contributed by atoms with Crippen LogP contribution in [0.4, 0.5) is 0 Å². The molecular weight excluding hydrogens is 767 g/mol. The van der Waals surface area contributed by atoms with Gasteiger partial charge in [-0.25, -0.2) is 0 Å². The van der Waals surface area contributed by atoms with E-state index in [9.17, 15) is 19.8 Å². The highest BCUT2D eigenvalue weighted by molar-refractivity contribution is 5.76. The zero-order valence-corrected chi connectivity index (χ0v) is 41.6. The lowest BCUT2D eigenvalue weighted by atomic mass is 10.0. The molecule has 0 bridgehead atoms. The van der Waals surface area contributed by atoms with Crippen molar-refractivity contribution in [2.75, 3.05) is 13.2 Å². The van der Waals surface area contributed by atoms with Gasteiger partial charge >= 0.3 is 5.97 Å². The van der Waals surface area contributed by atoms with Gasteiger partial charge in [-0.1, -0.05) is 250 Å². The number of allylic oxidation sites excluding steroid dienone is 3. The van der Waals surface area contributed by atoms with Gasteiger partial charge in [0, 0.05) is 12.8 Å². The van der Waals surface area contributed by atoms with Crippen molar-refractivity contribution < 1.29 is 24.5 Å². The normalized spacial score (nSPS) is 12.8. The average Bonchev–Trinajstić information content (AvgIpc) is 3.27. The van der Waals surface area contributed by atoms with Crippen LogP contribution in [0.3, 0.4) is 0 Å². The highest BCUT2D eigenvalue weighted by atomic mass is 16.5. The third-order valence-electron chi connectivity index (χ3n) is 12.7. The number of ether oxygens (including phenoxy) is 1. The molecule has 0 fully saturated rings. The van der Waals surface area contributed by atoms with Crippen LogP contribution in [0, 0.1) is 0 Å². The van der Waals surface area contributed by atoms with Gasteiger partial charge in [0.25, 0.3) is 0 Å². The first kappa shape index (κ1) is 60.3. The van der Waals surface area contributed by atoms with Crippen LogP contribution in [0.2, 0.25) is 0 Å². The van der Waals surface area contributed by atoms with E-state index in [2.05, 4.69) is 31.3 Å². The Morgan fingerprint density at radius 1 is 0.435 bits per heavy atom. The van der Waals surface area contributed by atoms with Gasteiger partial charge in [0.2, 0.25) is 5.91 Å². The van der Waals surface area contributed by atoms with Crippen molar-refractivity contribution in [3.63, 3.8) is 0 Å². The fourth-order valence-corrected chi connectivity index (χ4v) is 8.45. The fourth-order valence-electron chi connectivity index (χ4n) is 8.45. The highest BCUT2D eigenvalue weighted by Crippen LogP contribution is 2.16. The molecule has 0 rings (SSSR count). The number of unbranched alkanes of at least 4 members (excludes halogenated alkanes) is 38. The third kappa shape index (κ3) is 47.8. The summed E-state index contributed by atoms with van der Waals surface area (Å²) in [6.45, 7) is 4.87. The first-order valence-electron chi connectivity index (χ1n) is 27.6. The van der Waals surface area contributed by atoms with Crippen molar-refractivity contribution in [3.8, 4) is 0 Å². The van der Waals surface area contributed by atoms with E-state index in [0.29, 0.717) is 19.4 Å². The Balaban J connectivity index is 3.51. The minimum Gasteiger partial charge on any atom is -0.466 e. The predicted molar refractivity (Wildman–Crippen MR) is 269 cm³/mol. The van der Waals surface area contributed by atoms with E-state index in [4.69, 9.17) is 4.74 Å². The SMILES string of the molecule is CCCCCCCCCCCCCCCC/C=C/C(O)C(CO)NC(=O)CCCCC/C=C\CCCCCCCCOC(=O)CCCCCCCCCCCCCCCCCC.